The van der Waals surface area contributed by atoms with E-state index in [2.05, 4.69) is 16.5 Å². The van der Waals surface area contributed by atoms with Crippen molar-refractivity contribution in [2.45, 2.75) is 26.7 Å². The molecule has 0 saturated heterocycles. The minimum absolute atomic E-state index is 0.202. The molecular formula is C12H28N2O3S. The van der Waals surface area contributed by atoms with Crippen molar-refractivity contribution < 1.29 is 13.2 Å². The van der Waals surface area contributed by atoms with Gasteiger partial charge in [-0.25, -0.2) is 13.1 Å². The summed E-state index contributed by atoms with van der Waals surface area (Å²) < 4.78 is 31.0. The Morgan fingerprint density at radius 2 is 2.00 bits per heavy atom. The molecule has 0 heterocycles. The summed E-state index contributed by atoms with van der Waals surface area (Å²) in [6.45, 7) is 6.95. The monoisotopic (exact) mass is 280 g/mol. The van der Waals surface area contributed by atoms with Crippen LogP contribution in [0, 0.1) is 5.92 Å². The fraction of sp³-hybridized carbons (Fsp3) is 1.00. The first-order chi connectivity index (χ1) is 8.41. The summed E-state index contributed by atoms with van der Waals surface area (Å²) in [5.41, 5.74) is 0. The van der Waals surface area contributed by atoms with Crippen LogP contribution in [0.25, 0.3) is 0 Å². The second kappa shape index (κ2) is 9.72. The highest BCUT2D eigenvalue weighted by atomic mass is 32.2. The summed E-state index contributed by atoms with van der Waals surface area (Å²) in [5, 5.41) is 0. The Hall–Kier alpha value is -0.170. The van der Waals surface area contributed by atoms with Crippen LogP contribution in [-0.2, 0) is 14.8 Å². The van der Waals surface area contributed by atoms with Gasteiger partial charge in [0.2, 0.25) is 10.0 Å². The topological polar surface area (TPSA) is 58.6 Å². The van der Waals surface area contributed by atoms with E-state index in [1.807, 2.05) is 14.0 Å². The minimum atomic E-state index is -3.12. The van der Waals surface area contributed by atoms with E-state index in [1.54, 1.807) is 7.11 Å². The summed E-state index contributed by atoms with van der Waals surface area (Å²) in [5.74, 6) is 0.577. The first kappa shape index (κ1) is 17.8. The van der Waals surface area contributed by atoms with Crippen LogP contribution in [0.1, 0.15) is 26.7 Å². The van der Waals surface area contributed by atoms with Gasteiger partial charge in [-0.1, -0.05) is 13.8 Å². The van der Waals surface area contributed by atoms with Crippen molar-refractivity contribution in [3.05, 3.63) is 0 Å². The summed E-state index contributed by atoms with van der Waals surface area (Å²) >= 11 is 0. The maximum atomic E-state index is 11.7. The maximum absolute atomic E-state index is 11.7. The van der Waals surface area contributed by atoms with Crippen molar-refractivity contribution in [1.82, 2.24) is 9.62 Å². The number of ether oxygens (including phenoxy) is 1. The van der Waals surface area contributed by atoms with E-state index in [1.165, 1.54) is 0 Å². The van der Waals surface area contributed by atoms with Gasteiger partial charge in [0.05, 0.1) is 5.75 Å². The Labute approximate surface area is 112 Å². The van der Waals surface area contributed by atoms with Crippen LogP contribution in [0.3, 0.4) is 0 Å². The number of sulfonamides is 1. The number of hydrogen-bond acceptors (Lipinski definition) is 4. The SMILES string of the molecule is CCN(C)CCNS(=O)(=O)CCC(C)CCOC. The van der Waals surface area contributed by atoms with E-state index in [0.29, 0.717) is 25.5 Å². The molecule has 0 aliphatic heterocycles. The Kier molecular flexibility index (Phi) is 9.63. The van der Waals surface area contributed by atoms with Crippen LogP contribution >= 0.6 is 0 Å². The highest BCUT2D eigenvalue weighted by Gasteiger charge is 2.12. The average Bonchev–Trinajstić information content (AvgIpc) is 2.33. The molecule has 1 unspecified atom stereocenters. The molecule has 0 aliphatic rings. The molecular weight excluding hydrogens is 252 g/mol. The van der Waals surface area contributed by atoms with Crippen molar-refractivity contribution in [1.29, 1.82) is 0 Å². The Morgan fingerprint density at radius 1 is 1.33 bits per heavy atom. The zero-order valence-corrected chi connectivity index (χ0v) is 12.9. The fourth-order valence-electron chi connectivity index (χ4n) is 1.44. The molecule has 0 amide bonds. The van der Waals surface area contributed by atoms with Crippen LogP contribution in [0.4, 0.5) is 0 Å². The van der Waals surface area contributed by atoms with Gasteiger partial charge in [-0.15, -0.1) is 0 Å². The Bertz CT molecular complexity index is 294. The van der Waals surface area contributed by atoms with Crippen LogP contribution in [-0.4, -0.2) is 59.5 Å². The average molecular weight is 280 g/mol. The fourth-order valence-corrected chi connectivity index (χ4v) is 2.70. The number of methoxy groups -OCH3 is 1. The molecule has 5 nitrogen and oxygen atoms in total. The van der Waals surface area contributed by atoms with Crippen molar-refractivity contribution in [2.75, 3.05) is 46.2 Å². The summed E-state index contributed by atoms with van der Waals surface area (Å²) in [7, 11) is 0.512. The third-order valence-electron chi connectivity index (χ3n) is 3.05. The predicted octanol–water partition coefficient (Wildman–Crippen LogP) is 0.920. The van der Waals surface area contributed by atoms with Crippen LogP contribution < -0.4 is 4.72 Å². The Balaban J connectivity index is 3.79. The van der Waals surface area contributed by atoms with E-state index in [0.717, 1.165) is 19.5 Å². The van der Waals surface area contributed by atoms with Crippen LogP contribution in [0.2, 0.25) is 0 Å². The van der Waals surface area contributed by atoms with E-state index in [-0.39, 0.29) is 5.75 Å². The molecule has 1 N–H and O–H groups in total. The molecule has 0 aromatic rings. The van der Waals surface area contributed by atoms with Crippen molar-refractivity contribution >= 4 is 10.0 Å². The van der Waals surface area contributed by atoms with Crippen LogP contribution in [0.15, 0.2) is 0 Å². The summed E-state index contributed by atoms with van der Waals surface area (Å²) in [4.78, 5) is 2.07. The second-order valence-electron chi connectivity index (χ2n) is 4.78. The quantitative estimate of drug-likeness (QED) is 0.611. The molecule has 18 heavy (non-hydrogen) atoms. The minimum Gasteiger partial charge on any atom is -0.385 e. The zero-order valence-electron chi connectivity index (χ0n) is 12.1. The van der Waals surface area contributed by atoms with Gasteiger partial charge in [0.25, 0.3) is 0 Å². The third kappa shape index (κ3) is 9.82. The second-order valence-corrected chi connectivity index (χ2v) is 6.71. The summed E-state index contributed by atoms with van der Waals surface area (Å²) in [6.07, 6.45) is 1.59. The van der Waals surface area contributed by atoms with Gasteiger partial charge in [0.15, 0.2) is 0 Å². The number of likely N-dealkylation sites (N-methyl/N-ethyl adjacent to an activating group) is 1. The van der Waals surface area contributed by atoms with E-state index in [9.17, 15) is 8.42 Å². The zero-order chi connectivity index (χ0) is 14.0. The molecule has 0 saturated carbocycles. The molecule has 0 spiro atoms. The molecule has 110 valence electrons. The van der Waals surface area contributed by atoms with Crippen molar-refractivity contribution in [2.24, 2.45) is 5.92 Å². The first-order valence-corrected chi connectivity index (χ1v) is 8.21. The molecule has 1 atom stereocenters. The molecule has 0 bridgehead atoms. The van der Waals surface area contributed by atoms with E-state index >= 15 is 0 Å². The largest absolute Gasteiger partial charge is 0.385 e. The predicted molar refractivity (Wildman–Crippen MR) is 75.2 cm³/mol. The van der Waals surface area contributed by atoms with Crippen molar-refractivity contribution in [3.8, 4) is 0 Å². The lowest BCUT2D eigenvalue weighted by Crippen LogP contribution is -2.34. The van der Waals surface area contributed by atoms with Gasteiger partial charge in [-0.2, -0.15) is 0 Å². The van der Waals surface area contributed by atoms with Gasteiger partial charge < -0.3 is 9.64 Å². The number of nitrogens with one attached hydrogen (secondary N) is 1. The van der Waals surface area contributed by atoms with Gasteiger partial charge in [0.1, 0.15) is 0 Å². The number of hydrogen-bond donors (Lipinski definition) is 1. The van der Waals surface area contributed by atoms with Gasteiger partial charge >= 0.3 is 0 Å². The number of rotatable bonds is 11. The standard InChI is InChI=1S/C12H28N2O3S/c1-5-14(3)9-8-13-18(15,16)11-7-12(2)6-10-17-4/h12-13H,5-11H2,1-4H3. The molecule has 0 fully saturated rings. The molecule has 0 aromatic heterocycles. The third-order valence-corrected chi connectivity index (χ3v) is 4.47. The smallest absolute Gasteiger partial charge is 0.211 e. The van der Waals surface area contributed by atoms with Crippen molar-refractivity contribution in [3.63, 3.8) is 0 Å². The molecule has 0 rings (SSSR count). The first-order valence-electron chi connectivity index (χ1n) is 6.56. The lowest BCUT2D eigenvalue weighted by Gasteiger charge is -2.15. The van der Waals surface area contributed by atoms with Gasteiger partial charge in [-0.3, -0.25) is 0 Å². The van der Waals surface area contributed by atoms with Gasteiger partial charge in [0, 0.05) is 26.8 Å². The van der Waals surface area contributed by atoms with E-state index < -0.39 is 10.0 Å². The number of nitrogens with zero attached hydrogens (tertiary/aromatic N) is 1. The Morgan fingerprint density at radius 3 is 2.56 bits per heavy atom. The molecule has 6 heteroatoms. The van der Waals surface area contributed by atoms with Crippen LogP contribution in [0.5, 0.6) is 0 Å². The van der Waals surface area contributed by atoms with E-state index in [4.69, 9.17) is 4.74 Å². The molecule has 0 radical (unpaired) electrons. The summed E-state index contributed by atoms with van der Waals surface area (Å²) in [6, 6.07) is 0. The lowest BCUT2D eigenvalue weighted by atomic mass is 10.1. The normalized spacial score (nSPS) is 14.1. The highest BCUT2D eigenvalue weighted by Crippen LogP contribution is 2.08. The molecule has 0 aliphatic carbocycles. The molecule has 0 aromatic carbocycles. The highest BCUT2D eigenvalue weighted by molar-refractivity contribution is 7.89. The lowest BCUT2D eigenvalue weighted by molar-refractivity contribution is 0.179. The van der Waals surface area contributed by atoms with Gasteiger partial charge in [-0.05, 0) is 32.4 Å². The maximum Gasteiger partial charge on any atom is 0.211 e.